The zero-order valence-electron chi connectivity index (χ0n) is 25.9. The molecule has 1 heteroatoms. The molecule has 0 aliphatic rings. The van der Waals surface area contributed by atoms with Gasteiger partial charge in [-0.05, 0) is 56.8 Å². The summed E-state index contributed by atoms with van der Waals surface area (Å²) >= 11 is 0. The Morgan fingerprint density at radius 2 is 0.816 bits per heavy atom. The number of quaternary nitrogens is 1. The molecule has 0 amide bonds. The van der Waals surface area contributed by atoms with E-state index in [9.17, 15) is 0 Å². The third-order valence-corrected chi connectivity index (χ3v) is 7.76. The van der Waals surface area contributed by atoms with E-state index in [1.54, 1.807) is 0 Å². The predicted molar refractivity (Wildman–Crippen MR) is 173 cm³/mol. The lowest BCUT2D eigenvalue weighted by atomic mass is 10.1. The predicted octanol–water partition coefficient (Wildman–Crippen LogP) is 11.8. The van der Waals surface area contributed by atoms with E-state index in [4.69, 9.17) is 0 Å². The maximum Gasteiger partial charge on any atom is 0.105 e. The van der Waals surface area contributed by atoms with Crippen LogP contribution in [0.15, 0.2) is 66.8 Å². The van der Waals surface area contributed by atoms with Crippen molar-refractivity contribution in [3.05, 3.63) is 72.4 Å². The second-order valence-electron chi connectivity index (χ2n) is 11.6. The molecular formula is C37H64N+. The number of allylic oxidation sites excluding steroid dienone is 3. The lowest BCUT2D eigenvalue weighted by Crippen LogP contribution is -2.47. The van der Waals surface area contributed by atoms with Gasteiger partial charge in [-0.3, -0.25) is 0 Å². The summed E-state index contributed by atoms with van der Waals surface area (Å²) in [5, 5.41) is 0. The number of rotatable bonds is 26. The van der Waals surface area contributed by atoms with Gasteiger partial charge in [-0.15, -0.1) is 0 Å². The van der Waals surface area contributed by atoms with Gasteiger partial charge in [0.15, 0.2) is 0 Å². The van der Waals surface area contributed by atoms with Crippen LogP contribution in [0.2, 0.25) is 0 Å². The summed E-state index contributed by atoms with van der Waals surface area (Å²) in [5.74, 6) is 0. The van der Waals surface area contributed by atoms with Crippen molar-refractivity contribution in [2.45, 2.75) is 143 Å². The van der Waals surface area contributed by atoms with Crippen molar-refractivity contribution in [1.82, 2.24) is 0 Å². The van der Waals surface area contributed by atoms with Crippen molar-refractivity contribution in [1.29, 1.82) is 0 Å². The Kier molecular flexibility index (Phi) is 23.3. The van der Waals surface area contributed by atoms with Gasteiger partial charge in [-0.1, -0.05) is 146 Å². The molecule has 0 bridgehead atoms. The molecule has 0 saturated carbocycles. The molecule has 1 rings (SSSR count). The number of hydrogen-bond acceptors (Lipinski definition) is 0. The van der Waals surface area contributed by atoms with Crippen LogP contribution in [0.3, 0.4) is 0 Å². The van der Waals surface area contributed by atoms with Gasteiger partial charge in [0.05, 0.1) is 19.6 Å². The summed E-state index contributed by atoms with van der Waals surface area (Å²) in [4.78, 5) is 0. The first-order chi connectivity index (χ1) is 18.8. The van der Waals surface area contributed by atoms with Crippen LogP contribution in [0.1, 0.15) is 142 Å². The molecule has 0 radical (unpaired) electrons. The largest absolute Gasteiger partial charge is 0.310 e. The van der Waals surface area contributed by atoms with Crippen LogP contribution in [-0.4, -0.2) is 24.1 Å². The Morgan fingerprint density at radius 1 is 0.447 bits per heavy atom. The smallest absolute Gasteiger partial charge is 0.105 e. The molecule has 0 fully saturated rings. The Morgan fingerprint density at radius 3 is 1.18 bits per heavy atom. The van der Waals surface area contributed by atoms with Crippen LogP contribution >= 0.6 is 0 Å². The summed E-state index contributed by atoms with van der Waals surface area (Å²) in [6.07, 6.45) is 39.1. The van der Waals surface area contributed by atoms with E-state index in [-0.39, 0.29) is 0 Å². The minimum Gasteiger partial charge on any atom is -0.310 e. The van der Waals surface area contributed by atoms with E-state index in [2.05, 4.69) is 87.6 Å². The van der Waals surface area contributed by atoms with Gasteiger partial charge in [-0.2, -0.15) is 0 Å². The molecule has 0 atom stereocenters. The Hall–Kier alpha value is -1.60. The Bertz CT molecular complexity index is 634. The van der Waals surface area contributed by atoms with Gasteiger partial charge in [0.25, 0.3) is 0 Å². The molecule has 0 aliphatic carbocycles. The molecule has 38 heavy (non-hydrogen) atoms. The molecule has 216 valence electrons. The van der Waals surface area contributed by atoms with E-state index in [0.29, 0.717) is 0 Å². The number of unbranched alkanes of at least 4 members (excludes halogenated alkanes) is 15. The van der Waals surface area contributed by atoms with Crippen LogP contribution < -0.4 is 0 Å². The molecule has 1 aromatic carbocycles. The van der Waals surface area contributed by atoms with Crippen molar-refractivity contribution in [2.24, 2.45) is 0 Å². The second kappa shape index (κ2) is 25.7. The number of nitrogens with zero attached hydrogens (tertiary/aromatic N) is 1. The molecule has 0 spiro atoms. The van der Waals surface area contributed by atoms with Crippen molar-refractivity contribution in [3.8, 4) is 0 Å². The highest BCUT2D eigenvalue weighted by Gasteiger charge is 2.24. The van der Waals surface area contributed by atoms with E-state index in [0.717, 1.165) is 30.7 Å². The molecule has 1 nitrogen and oxygen atoms in total. The lowest BCUT2D eigenvalue weighted by molar-refractivity contribution is -0.925. The summed E-state index contributed by atoms with van der Waals surface area (Å²) < 4.78 is 1.09. The maximum atomic E-state index is 2.50. The zero-order chi connectivity index (χ0) is 27.4. The second-order valence-corrected chi connectivity index (χ2v) is 11.6. The van der Waals surface area contributed by atoms with Crippen LogP contribution in [0.5, 0.6) is 0 Å². The van der Waals surface area contributed by atoms with E-state index in [1.807, 2.05) is 0 Å². The highest BCUT2D eigenvalue weighted by atomic mass is 15.3. The number of benzene rings is 1. The van der Waals surface area contributed by atoms with Gasteiger partial charge in [-0.25, -0.2) is 0 Å². The van der Waals surface area contributed by atoms with Gasteiger partial charge >= 0.3 is 0 Å². The fourth-order valence-electron chi connectivity index (χ4n) is 5.23. The van der Waals surface area contributed by atoms with E-state index < -0.39 is 0 Å². The summed E-state index contributed by atoms with van der Waals surface area (Å²) in [5.41, 5.74) is 1.46. The lowest BCUT2D eigenvalue weighted by Gasteiger charge is -2.36. The van der Waals surface area contributed by atoms with Crippen LogP contribution in [0.25, 0.3) is 0 Å². The first-order valence-electron chi connectivity index (χ1n) is 16.6. The van der Waals surface area contributed by atoms with Gasteiger partial charge in [0.2, 0.25) is 0 Å². The Balaban J connectivity index is 2.81. The molecule has 0 unspecified atom stereocenters. The van der Waals surface area contributed by atoms with E-state index in [1.165, 1.54) is 121 Å². The molecule has 0 aromatic heterocycles. The van der Waals surface area contributed by atoms with E-state index >= 15 is 0 Å². The fourth-order valence-corrected chi connectivity index (χ4v) is 5.23. The monoisotopic (exact) mass is 523 g/mol. The summed E-state index contributed by atoms with van der Waals surface area (Å²) in [7, 11) is 0. The highest BCUT2D eigenvalue weighted by Crippen LogP contribution is 2.18. The number of hydrogen-bond donors (Lipinski definition) is 0. The molecule has 0 N–H and O–H groups in total. The zero-order valence-corrected chi connectivity index (χ0v) is 25.9. The topological polar surface area (TPSA) is 0 Å². The molecule has 1 aromatic rings. The van der Waals surface area contributed by atoms with Crippen LogP contribution in [0, 0.1) is 0 Å². The highest BCUT2D eigenvalue weighted by molar-refractivity contribution is 5.13. The van der Waals surface area contributed by atoms with Crippen molar-refractivity contribution < 1.29 is 4.48 Å². The van der Waals surface area contributed by atoms with Gasteiger partial charge in [0.1, 0.15) is 6.54 Å². The minimum atomic E-state index is 1.09. The van der Waals surface area contributed by atoms with Crippen molar-refractivity contribution in [2.75, 3.05) is 19.6 Å². The fraction of sp³-hybridized carbons (Fsp3) is 0.676. The maximum absolute atomic E-state index is 2.50. The first kappa shape index (κ1) is 34.4. The minimum absolute atomic E-state index is 1.09. The molecule has 0 saturated heterocycles. The molecular weight excluding hydrogens is 458 g/mol. The SMILES string of the molecule is CCCCCCC/C=C\C[N+](C/C=C\CCCCCCC)(C/C=C/CCCCCCC)Cc1ccccc1. The van der Waals surface area contributed by atoms with Crippen LogP contribution in [-0.2, 0) is 6.54 Å². The van der Waals surface area contributed by atoms with Crippen molar-refractivity contribution in [3.63, 3.8) is 0 Å². The van der Waals surface area contributed by atoms with Crippen LogP contribution in [0.4, 0.5) is 0 Å². The normalized spacial score (nSPS) is 12.5. The average molecular weight is 523 g/mol. The average Bonchev–Trinajstić information content (AvgIpc) is 2.93. The quantitative estimate of drug-likeness (QED) is 0.0644. The van der Waals surface area contributed by atoms with Gasteiger partial charge < -0.3 is 4.48 Å². The molecule has 0 heterocycles. The summed E-state index contributed by atoms with van der Waals surface area (Å²) in [6, 6.07) is 11.2. The Labute approximate surface area is 239 Å². The third-order valence-electron chi connectivity index (χ3n) is 7.76. The molecule has 0 aliphatic heterocycles. The van der Waals surface area contributed by atoms with Crippen molar-refractivity contribution >= 4 is 0 Å². The standard InChI is InChI=1S/C37H64N/c1-4-7-10-13-16-19-22-28-33-38(36-37-31-26-25-27-32-37,34-29-23-20-17-14-11-8-5-2)35-30-24-21-18-15-12-9-6-3/h22-32H,4-21,33-36H2,1-3H3/q+1/b28-22-,29-23-,30-24+. The summed E-state index contributed by atoms with van der Waals surface area (Å²) in [6.45, 7) is 11.3. The first-order valence-corrected chi connectivity index (χ1v) is 16.6. The third kappa shape index (κ3) is 19.5. The van der Waals surface area contributed by atoms with Gasteiger partial charge in [0, 0.05) is 5.56 Å².